The van der Waals surface area contributed by atoms with Gasteiger partial charge in [-0.25, -0.2) is 4.79 Å². The number of nitrogens with one attached hydrogen (secondary N) is 2. The average Bonchev–Trinajstić information content (AvgIpc) is 2.48. The van der Waals surface area contributed by atoms with Gasteiger partial charge in [0, 0.05) is 5.70 Å². The zero-order valence-corrected chi connectivity index (χ0v) is 12.7. The minimum absolute atomic E-state index is 0.0383. The van der Waals surface area contributed by atoms with Crippen molar-refractivity contribution in [2.24, 2.45) is 5.92 Å². The molecule has 0 spiro atoms. The van der Waals surface area contributed by atoms with Crippen molar-refractivity contribution >= 4 is 23.6 Å². The van der Waals surface area contributed by atoms with Gasteiger partial charge in [-0.3, -0.25) is 4.79 Å². The summed E-state index contributed by atoms with van der Waals surface area (Å²) in [6.07, 6.45) is 0. The molecule has 0 radical (unpaired) electrons. The highest BCUT2D eigenvalue weighted by molar-refractivity contribution is 6.32. The van der Waals surface area contributed by atoms with Crippen molar-refractivity contribution in [2.75, 3.05) is 14.2 Å². The van der Waals surface area contributed by atoms with Crippen molar-refractivity contribution < 1.29 is 24.2 Å². The van der Waals surface area contributed by atoms with Crippen molar-refractivity contribution in [1.82, 2.24) is 10.6 Å². The SMILES string of the molecule is C=C1NC(=O)NC(c2cc(Cl)c(O)c(OC)c2)C1C(=O)OC. The third-order valence-electron chi connectivity index (χ3n) is 3.35. The van der Waals surface area contributed by atoms with Crippen molar-refractivity contribution in [1.29, 1.82) is 0 Å². The summed E-state index contributed by atoms with van der Waals surface area (Å²) >= 11 is 5.95. The fourth-order valence-electron chi connectivity index (χ4n) is 2.30. The van der Waals surface area contributed by atoms with Crippen LogP contribution in [0.5, 0.6) is 11.5 Å². The number of benzene rings is 1. The second-order valence-corrected chi connectivity index (χ2v) is 5.06. The Bertz CT molecular complexity index is 646. The number of rotatable bonds is 3. The van der Waals surface area contributed by atoms with Crippen LogP contribution >= 0.6 is 11.6 Å². The van der Waals surface area contributed by atoms with Gasteiger partial charge >= 0.3 is 12.0 Å². The molecule has 2 atom stereocenters. The Labute approximate surface area is 131 Å². The average molecular weight is 327 g/mol. The summed E-state index contributed by atoms with van der Waals surface area (Å²) in [6.45, 7) is 3.69. The van der Waals surface area contributed by atoms with E-state index in [1.54, 1.807) is 0 Å². The number of amides is 2. The lowest BCUT2D eigenvalue weighted by Gasteiger charge is -2.33. The summed E-state index contributed by atoms with van der Waals surface area (Å²) in [5.41, 5.74) is 0.690. The largest absolute Gasteiger partial charge is 0.503 e. The van der Waals surface area contributed by atoms with E-state index in [-0.39, 0.29) is 22.2 Å². The van der Waals surface area contributed by atoms with Crippen LogP contribution < -0.4 is 15.4 Å². The number of carbonyl (C=O) groups excluding carboxylic acids is 2. The van der Waals surface area contributed by atoms with Crippen LogP contribution in [0.2, 0.25) is 5.02 Å². The summed E-state index contributed by atoms with van der Waals surface area (Å²) in [4.78, 5) is 23.7. The molecule has 3 N–H and O–H groups in total. The number of methoxy groups -OCH3 is 2. The van der Waals surface area contributed by atoms with Gasteiger partial charge in [0.15, 0.2) is 11.5 Å². The standard InChI is InChI=1S/C14H15ClN2O5/c1-6-10(13(19)22-3)11(17-14(20)16-6)7-4-8(15)12(18)9(5-7)21-2/h4-5,10-11,18H,1H2,2-3H3,(H2,16,17,20). The lowest BCUT2D eigenvalue weighted by atomic mass is 9.89. The number of esters is 1. The van der Waals surface area contributed by atoms with E-state index >= 15 is 0 Å². The first-order valence-electron chi connectivity index (χ1n) is 6.29. The molecule has 0 saturated carbocycles. The summed E-state index contributed by atoms with van der Waals surface area (Å²) in [5.74, 6) is -1.50. The molecule has 0 aromatic heterocycles. The molecule has 1 saturated heterocycles. The summed E-state index contributed by atoms with van der Waals surface area (Å²) in [7, 11) is 2.61. The van der Waals surface area contributed by atoms with E-state index in [1.165, 1.54) is 26.4 Å². The highest BCUT2D eigenvalue weighted by Gasteiger charge is 2.39. The van der Waals surface area contributed by atoms with Gasteiger partial charge in [0.2, 0.25) is 0 Å². The molecule has 2 amide bonds. The van der Waals surface area contributed by atoms with E-state index in [0.717, 1.165) is 0 Å². The minimum atomic E-state index is -0.840. The molecule has 1 aliphatic heterocycles. The first-order chi connectivity index (χ1) is 10.4. The van der Waals surface area contributed by atoms with Gasteiger partial charge in [-0.05, 0) is 17.7 Å². The molecule has 118 valence electrons. The number of hydrogen-bond donors (Lipinski definition) is 3. The van der Waals surface area contributed by atoms with Gasteiger partial charge in [-0.1, -0.05) is 18.2 Å². The van der Waals surface area contributed by atoms with Gasteiger partial charge in [0.1, 0.15) is 5.92 Å². The Morgan fingerprint density at radius 2 is 2.09 bits per heavy atom. The van der Waals surface area contributed by atoms with Crippen LogP contribution in [0, 0.1) is 5.92 Å². The smallest absolute Gasteiger partial charge is 0.319 e. The Hall–Kier alpha value is -2.41. The highest BCUT2D eigenvalue weighted by atomic mass is 35.5. The van der Waals surface area contributed by atoms with Crippen LogP contribution in [0.4, 0.5) is 4.79 Å². The lowest BCUT2D eigenvalue weighted by molar-refractivity contribution is -0.145. The van der Waals surface area contributed by atoms with Crippen LogP contribution in [0.15, 0.2) is 24.4 Å². The zero-order chi connectivity index (χ0) is 16.4. The van der Waals surface area contributed by atoms with Crippen LogP contribution in [-0.2, 0) is 9.53 Å². The fraction of sp³-hybridized carbons (Fsp3) is 0.286. The summed E-state index contributed by atoms with van der Waals surface area (Å²) in [5, 5.41) is 14.9. The van der Waals surface area contributed by atoms with Crippen LogP contribution in [-0.4, -0.2) is 31.3 Å². The number of hydrogen-bond acceptors (Lipinski definition) is 5. The maximum absolute atomic E-state index is 12.0. The van der Waals surface area contributed by atoms with E-state index in [9.17, 15) is 14.7 Å². The molecule has 7 nitrogen and oxygen atoms in total. The Balaban J connectivity index is 2.51. The molecule has 8 heteroatoms. The molecule has 1 fully saturated rings. The number of phenols is 1. The van der Waals surface area contributed by atoms with Gasteiger partial charge in [0.25, 0.3) is 0 Å². The van der Waals surface area contributed by atoms with Crippen LogP contribution in [0.25, 0.3) is 0 Å². The monoisotopic (exact) mass is 326 g/mol. The number of aromatic hydroxyl groups is 1. The molecule has 22 heavy (non-hydrogen) atoms. The Morgan fingerprint density at radius 1 is 1.41 bits per heavy atom. The predicted molar refractivity (Wildman–Crippen MR) is 78.7 cm³/mol. The molecule has 1 aromatic carbocycles. The minimum Gasteiger partial charge on any atom is -0.503 e. The molecule has 1 aromatic rings. The van der Waals surface area contributed by atoms with E-state index in [2.05, 4.69) is 17.2 Å². The Kier molecular flexibility index (Phi) is 4.46. The van der Waals surface area contributed by atoms with Gasteiger partial charge < -0.3 is 25.2 Å². The molecule has 0 bridgehead atoms. The van der Waals surface area contributed by atoms with Gasteiger partial charge in [-0.2, -0.15) is 0 Å². The van der Waals surface area contributed by atoms with Crippen molar-refractivity contribution in [3.05, 3.63) is 35.0 Å². The topological polar surface area (TPSA) is 96.9 Å². The molecule has 1 heterocycles. The van der Waals surface area contributed by atoms with E-state index in [4.69, 9.17) is 21.1 Å². The van der Waals surface area contributed by atoms with Crippen molar-refractivity contribution in [3.8, 4) is 11.5 Å². The van der Waals surface area contributed by atoms with Gasteiger partial charge in [-0.15, -0.1) is 0 Å². The van der Waals surface area contributed by atoms with Crippen LogP contribution in [0.3, 0.4) is 0 Å². The molecule has 2 rings (SSSR count). The second kappa shape index (κ2) is 6.15. The number of carbonyl (C=O) groups is 2. The van der Waals surface area contributed by atoms with E-state index in [1.807, 2.05) is 0 Å². The quantitative estimate of drug-likeness (QED) is 0.735. The van der Waals surface area contributed by atoms with E-state index in [0.29, 0.717) is 5.56 Å². The molecular weight excluding hydrogens is 312 g/mol. The summed E-state index contributed by atoms with van der Waals surface area (Å²) < 4.78 is 9.78. The molecule has 2 unspecified atom stereocenters. The molecule has 1 aliphatic rings. The highest BCUT2D eigenvalue weighted by Crippen LogP contribution is 2.39. The van der Waals surface area contributed by atoms with Crippen molar-refractivity contribution in [2.45, 2.75) is 6.04 Å². The lowest BCUT2D eigenvalue weighted by Crippen LogP contribution is -2.51. The van der Waals surface area contributed by atoms with Crippen molar-refractivity contribution in [3.63, 3.8) is 0 Å². The number of phenolic OH excluding ortho intramolecular Hbond substituents is 1. The first-order valence-corrected chi connectivity index (χ1v) is 6.67. The third kappa shape index (κ3) is 2.80. The van der Waals surface area contributed by atoms with E-state index < -0.39 is 24.0 Å². The number of ether oxygens (including phenoxy) is 2. The normalized spacial score (nSPS) is 20.9. The predicted octanol–water partition coefficient (Wildman–Crippen LogP) is 1.71. The maximum Gasteiger partial charge on any atom is 0.319 e. The first kappa shape index (κ1) is 16.0. The number of urea groups is 1. The number of halogens is 1. The molecular formula is C14H15ClN2O5. The molecule has 0 aliphatic carbocycles. The fourth-order valence-corrected chi connectivity index (χ4v) is 2.51. The van der Waals surface area contributed by atoms with Crippen LogP contribution in [0.1, 0.15) is 11.6 Å². The zero-order valence-electron chi connectivity index (χ0n) is 12.0. The van der Waals surface area contributed by atoms with Gasteiger partial charge in [0.05, 0.1) is 25.3 Å². The maximum atomic E-state index is 12.0. The second-order valence-electron chi connectivity index (χ2n) is 4.66. The third-order valence-corrected chi connectivity index (χ3v) is 3.64. The summed E-state index contributed by atoms with van der Waals surface area (Å²) in [6, 6.07) is 1.68. The Morgan fingerprint density at radius 3 is 2.68 bits per heavy atom.